The molecule has 0 atom stereocenters. The van der Waals surface area contributed by atoms with E-state index in [0.29, 0.717) is 26.4 Å². The van der Waals surface area contributed by atoms with Crippen molar-refractivity contribution in [3.63, 3.8) is 0 Å². The van der Waals surface area contributed by atoms with E-state index in [1.807, 2.05) is 22.7 Å². The summed E-state index contributed by atoms with van der Waals surface area (Å²) in [6.07, 6.45) is 17.4. The van der Waals surface area contributed by atoms with Gasteiger partial charge in [0.15, 0.2) is 0 Å². The van der Waals surface area contributed by atoms with Crippen molar-refractivity contribution in [2.75, 3.05) is 132 Å². The molecular weight excluding hydrogens is 1840 g/mol. The van der Waals surface area contributed by atoms with Crippen molar-refractivity contribution < 1.29 is 56.8 Å². The van der Waals surface area contributed by atoms with Gasteiger partial charge in [-0.3, -0.25) is 0 Å². The van der Waals surface area contributed by atoms with Crippen LogP contribution < -0.4 is 0 Å². The van der Waals surface area contributed by atoms with Crippen molar-refractivity contribution in [1.29, 1.82) is 0 Å². The molecule has 0 N–H and O–H groups in total. The van der Waals surface area contributed by atoms with Crippen molar-refractivity contribution >= 4 is 128 Å². The molecule has 0 amide bonds. The average molecular weight is 1980 g/mol. The van der Waals surface area contributed by atoms with Crippen LogP contribution in [0.25, 0.3) is 172 Å². The largest absolute Gasteiger partial charge is 0.381 e. The summed E-state index contributed by atoms with van der Waals surface area (Å²) < 4.78 is 75.6. The second-order valence-corrected chi connectivity index (χ2v) is 44.0. The van der Waals surface area contributed by atoms with Crippen LogP contribution in [0.3, 0.4) is 0 Å². The number of ether oxygens (including phenoxy) is 12. The Balaban J connectivity index is 0.000000172. The molecule has 22 rings (SSSR count). The third-order valence-corrected chi connectivity index (χ3v) is 34.0. The zero-order chi connectivity index (χ0) is 98.9. The first-order valence-corrected chi connectivity index (χ1v) is 55.7. The molecule has 4 aliphatic rings. The van der Waals surface area contributed by atoms with Gasteiger partial charge in [0.1, 0.15) is 0 Å². The van der Waals surface area contributed by atoms with E-state index in [-0.39, 0.29) is 21.7 Å². The maximum Gasteiger partial charge on any atom is 0.0717 e. The number of hydrogen-bond acceptors (Lipinski definition) is 14. The Morgan fingerprint density at radius 3 is 0.767 bits per heavy atom. The Hall–Kier alpha value is -11.0. The van der Waals surface area contributed by atoms with Gasteiger partial charge in [0, 0.05) is 115 Å². The van der Waals surface area contributed by atoms with E-state index in [4.69, 9.17) is 56.8 Å². The van der Waals surface area contributed by atoms with E-state index in [2.05, 4.69) is 319 Å². The number of hydrogen-bond donors (Lipinski definition) is 0. The SMILES string of the molecule is CCC1(COCCCCCOCc2ccc(-c3c4ccccc4c(-c4ccc(-c5ccc6c(c5)sc5ccc(COCCCCCOCC7(CC)COC7)cc56)c5ccccc45)c4ccccc34)cc2)COC1.CCC1(COCCCCCOCc2ccc(-c3c4ccccc4c(-c4ccc(-c5ccc6sc7ccc(COCCCCCOCC8(CC)COC8)cc7c6c5)c5ccccc45)c4ccccc34)cc2)COC1. The van der Waals surface area contributed by atoms with E-state index in [1.54, 1.807) is 0 Å². The van der Waals surface area contributed by atoms with Crippen molar-refractivity contribution in [3.8, 4) is 66.8 Å². The monoisotopic (exact) mass is 1980 g/mol. The predicted molar refractivity (Wildman–Crippen MR) is 608 cm³/mol. The molecule has 16 aromatic carbocycles. The fraction of sp³-hybridized carbons (Fsp3) is 0.364. The summed E-state index contributed by atoms with van der Waals surface area (Å²) >= 11 is 3.74. The summed E-state index contributed by atoms with van der Waals surface area (Å²) in [6.45, 7) is 27.7. The zero-order valence-electron chi connectivity index (χ0n) is 85.7. The average Bonchev–Trinajstić information content (AvgIpc) is 1.03. The molecule has 4 saturated heterocycles. The summed E-state index contributed by atoms with van der Waals surface area (Å²) in [4.78, 5) is 0. The normalized spacial score (nSPS) is 15.2. The first-order valence-electron chi connectivity index (χ1n) is 54.0. The lowest BCUT2D eigenvalue weighted by atomic mass is 9.83. The second-order valence-electron chi connectivity index (χ2n) is 41.8. The van der Waals surface area contributed by atoms with Gasteiger partial charge in [-0.15, -0.1) is 22.7 Å². The summed E-state index contributed by atoms with van der Waals surface area (Å²) in [7, 11) is 0. The number of rotatable bonds is 50. The van der Waals surface area contributed by atoms with Crippen LogP contribution in [0.5, 0.6) is 0 Å². The minimum absolute atomic E-state index is 0.259. The molecule has 0 unspecified atom stereocenters. The molecule has 146 heavy (non-hydrogen) atoms. The summed E-state index contributed by atoms with van der Waals surface area (Å²) in [5.41, 5.74) is 20.8. The van der Waals surface area contributed by atoms with E-state index in [1.165, 1.54) is 194 Å². The predicted octanol–water partition coefficient (Wildman–Crippen LogP) is 33.6. The fourth-order valence-corrected chi connectivity index (χ4v) is 24.3. The fourth-order valence-electron chi connectivity index (χ4n) is 22.1. The minimum Gasteiger partial charge on any atom is -0.381 e. The van der Waals surface area contributed by atoms with Gasteiger partial charge in [0.05, 0.1) is 106 Å². The molecular formula is C132H140O12S2. The Morgan fingerprint density at radius 2 is 0.445 bits per heavy atom. The molecule has 4 fully saturated rings. The van der Waals surface area contributed by atoms with Gasteiger partial charge >= 0.3 is 0 Å². The van der Waals surface area contributed by atoms with Gasteiger partial charge in [-0.25, -0.2) is 0 Å². The molecule has 0 spiro atoms. The highest BCUT2D eigenvalue weighted by Gasteiger charge is 2.40. The third-order valence-electron chi connectivity index (χ3n) is 31.7. The lowest BCUT2D eigenvalue weighted by Gasteiger charge is -2.40. The van der Waals surface area contributed by atoms with Crippen LogP contribution in [-0.4, -0.2) is 132 Å². The van der Waals surface area contributed by atoms with Crippen LogP contribution in [0.1, 0.15) is 153 Å². The van der Waals surface area contributed by atoms with Crippen molar-refractivity contribution in [1.82, 2.24) is 0 Å². The zero-order valence-corrected chi connectivity index (χ0v) is 87.3. The maximum atomic E-state index is 6.21. The minimum atomic E-state index is 0.259. The number of benzene rings is 16. The van der Waals surface area contributed by atoms with Gasteiger partial charge < -0.3 is 56.8 Å². The molecule has 0 bridgehead atoms. The highest BCUT2D eigenvalue weighted by molar-refractivity contribution is 7.26. The van der Waals surface area contributed by atoms with Crippen LogP contribution in [0.15, 0.2) is 291 Å². The second kappa shape index (κ2) is 47.7. The van der Waals surface area contributed by atoms with Crippen LogP contribution in [0, 0.1) is 21.7 Å². The Labute approximate surface area is 869 Å². The molecule has 4 aliphatic heterocycles. The number of fused-ring (bicyclic) bond motifs is 12. The van der Waals surface area contributed by atoms with Gasteiger partial charge in [0.25, 0.3) is 0 Å². The van der Waals surface area contributed by atoms with Crippen LogP contribution in [0.2, 0.25) is 0 Å². The van der Waals surface area contributed by atoms with Gasteiger partial charge in [-0.05, 0) is 299 Å². The Bertz CT molecular complexity index is 7360. The van der Waals surface area contributed by atoms with Crippen molar-refractivity contribution in [2.24, 2.45) is 21.7 Å². The molecule has 6 heterocycles. The van der Waals surface area contributed by atoms with Crippen molar-refractivity contribution in [3.05, 3.63) is 313 Å². The van der Waals surface area contributed by atoms with Crippen molar-refractivity contribution in [2.45, 2.75) is 157 Å². The van der Waals surface area contributed by atoms with Crippen LogP contribution in [-0.2, 0) is 83.3 Å². The van der Waals surface area contributed by atoms with Gasteiger partial charge in [-0.1, -0.05) is 276 Å². The van der Waals surface area contributed by atoms with Gasteiger partial charge in [-0.2, -0.15) is 0 Å². The molecule has 18 aromatic rings. The maximum absolute atomic E-state index is 6.21. The van der Waals surface area contributed by atoms with E-state index >= 15 is 0 Å². The highest BCUT2D eigenvalue weighted by Crippen LogP contribution is 2.52. The lowest BCUT2D eigenvalue weighted by Crippen LogP contribution is -2.45. The number of thiophene rings is 2. The Morgan fingerprint density at radius 1 is 0.199 bits per heavy atom. The molecule has 752 valence electrons. The van der Waals surface area contributed by atoms with E-state index in [0.717, 1.165) is 235 Å². The molecule has 14 heteroatoms. The third kappa shape index (κ3) is 22.5. The summed E-state index contributed by atoms with van der Waals surface area (Å²) in [5.74, 6) is 0. The van der Waals surface area contributed by atoms with E-state index in [9.17, 15) is 0 Å². The summed E-state index contributed by atoms with van der Waals surface area (Å²) in [5, 5.41) is 20.3. The quantitative estimate of drug-likeness (QED) is 0.0267. The standard InChI is InChI=1S/2C66H70O6S/c1-3-65(43-71-44-65)41-69-35-15-5-13-33-67-39-47-23-26-49(27-24-47)63-54-19-9-11-21-56(54)64(57-22-12-10-20-55(57)63)58-30-29-51(52-17-7-8-18-53(52)58)50-28-32-62-60(38-50)59-37-48(25-31-61(59)73-62)40-68-34-14-6-16-36-70-42-66(4-2)45-72-46-66;1-3-65(43-71-44-65)41-69-35-15-5-13-33-67-39-47-23-26-49(27-24-47)63-55-19-9-11-21-57(55)64(58-22-12-10-20-56(58)63)59-31-30-51(52-17-7-8-18-53(52)59)50-28-29-54-60-37-48(25-32-61(60)73-62(54)38-50)40-68-34-14-6-16-36-70-42-66(4-2)45-72-46-66/h2*7-12,17-32,37-38H,3-6,13-16,33-36,39-46H2,1-2H3. The van der Waals surface area contributed by atoms with E-state index < -0.39 is 0 Å². The van der Waals surface area contributed by atoms with Crippen LogP contribution >= 0.6 is 22.7 Å². The summed E-state index contributed by atoms with van der Waals surface area (Å²) in [6, 6.07) is 109. The molecule has 0 radical (unpaired) electrons. The number of unbranched alkanes of at least 4 members (excludes halogenated alkanes) is 8. The highest BCUT2D eigenvalue weighted by atomic mass is 32.1. The first-order chi connectivity index (χ1) is 72.1. The molecule has 12 nitrogen and oxygen atoms in total. The lowest BCUT2D eigenvalue weighted by molar-refractivity contribution is -0.150. The van der Waals surface area contributed by atoms with Gasteiger partial charge in [0.2, 0.25) is 0 Å². The first kappa shape index (κ1) is 101. The van der Waals surface area contributed by atoms with Crippen LogP contribution in [0.4, 0.5) is 0 Å². The molecule has 2 aromatic heterocycles. The molecule has 0 saturated carbocycles. The molecule has 0 aliphatic carbocycles. The Kier molecular flexibility index (Phi) is 33.0. The smallest absolute Gasteiger partial charge is 0.0717 e. The topological polar surface area (TPSA) is 111 Å².